The van der Waals surface area contributed by atoms with Crippen LogP contribution in [0.5, 0.6) is 0 Å². The molecule has 0 saturated carbocycles. The zero-order chi connectivity index (χ0) is 24.6. The van der Waals surface area contributed by atoms with Crippen LogP contribution >= 0.6 is 28.4 Å². The van der Waals surface area contributed by atoms with Crippen molar-refractivity contribution >= 4 is 63.6 Å². The lowest BCUT2D eigenvalue weighted by Gasteiger charge is -2.18. The second-order valence-electron chi connectivity index (χ2n) is 7.67. The molecule has 1 heterocycles. The predicted octanol–water partition coefficient (Wildman–Crippen LogP) is 7.26. The molecule has 0 aliphatic heterocycles. The largest absolute Gasteiger partial charge is 0.439 e. The molecule has 8 heteroatoms. The van der Waals surface area contributed by atoms with E-state index in [4.69, 9.17) is 5.41 Å². The minimum atomic E-state index is -0.577. The summed E-state index contributed by atoms with van der Waals surface area (Å²) < 4.78 is 4.54. The summed E-state index contributed by atoms with van der Waals surface area (Å²) in [4.78, 5) is 13.6. The maximum absolute atomic E-state index is 11.1. The normalized spacial score (nSPS) is 12.3. The summed E-state index contributed by atoms with van der Waals surface area (Å²) in [5.74, 6) is -0.204. The predicted molar refractivity (Wildman–Crippen MR) is 155 cm³/mol. The van der Waals surface area contributed by atoms with E-state index in [0.717, 1.165) is 39.9 Å². The number of allylic oxidation sites excluding steroid dienone is 1. The van der Waals surface area contributed by atoms with Gasteiger partial charge in [-0.15, -0.1) is 0 Å². The molecule has 35 heavy (non-hydrogen) atoms. The molecule has 4 rings (SSSR count). The van der Waals surface area contributed by atoms with Gasteiger partial charge >= 0.3 is 5.76 Å². The minimum Gasteiger partial charge on any atom is -0.358 e. The number of hydrogen-bond acceptors (Lipinski definition) is 5. The Bertz CT molecular complexity index is 1420. The molecular weight excluding hydrogens is 570 g/mol. The van der Waals surface area contributed by atoms with Gasteiger partial charge in [0.2, 0.25) is 0 Å². The first kappa shape index (κ1) is 24.8. The lowest BCUT2D eigenvalue weighted by Crippen LogP contribution is -1.98. The van der Waals surface area contributed by atoms with E-state index < -0.39 is 5.76 Å². The maximum atomic E-state index is 11.1. The number of hydrogen-bond donors (Lipinski definition) is 3. The fourth-order valence-corrected chi connectivity index (χ4v) is 5.13. The number of benzene rings is 3. The highest BCUT2D eigenvalue weighted by Gasteiger charge is 2.14. The van der Waals surface area contributed by atoms with Crippen molar-refractivity contribution in [1.29, 1.82) is 5.41 Å². The second-order valence-corrected chi connectivity index (χ2v) is 9.73. The number of H-pyrrole nitrogens is 1. The van der Waals surface area contributed by atoms with Gasteiger partial charge in [0.1, 0.15) is 0 Å². The van der Waals surface area contributed by atoms with E-state index in [1.165, 1.54) is 17.4 Å². The van der Waals surface area contributed by atoms with E-state index in [9.17, 15) is 4.79 Å². The Hall–Kier alpha value is -3.29. The van der Waals surface area contributed by atoms with Gasteiger partial charge in [0, 0.05) is 23.8 Å². The molecule has 176 valence electrons. The number of halogens is 1. The van der Waals surface area contributed by atoms with Crippen LogP contribution in [0.1, 0.15) is 47.0 Å². The SMILES string of the molecule is CC/C(=C(/c1ccc(/C=C/c2noc(=O)[nH]2)cc1)c1ccc(NPI)c(C=N)c1)c1ccccc1. The Morgan fingerprint density at radius 1 is 1.06 bits per heavy atom. The summed E-state index contributed by atoms with van der Waals surface area (Å²) in [7, 11) is 0. The van der Waals surface area contributed by atoms with E-state index in [-0.39, 0.29) is 0 Å². The van der Waals surface area contributed by atoms with Crippen LogP contribution in [0, 0.1) is 5.41 Å². The van der Waals surface area contributed by atoms with E-state index >= 15 is 0 Å². The molecular formula is C27H24IN4O2P. The van der Waals surface area contributed by atoms with Gasteiger partial charge in [0.05, 0.1) is 0 Å². The van der Waals surface area contributed by atoms with Crippen molar-refractivity contribution in [3.8, 4) is 0 Å². The number of aromatic amines is 1. The van der Waals surface area contributed by atoms with Crippen LogP contribution in [0.3, 0.4) is 0 Å². The van der Waals surface area contributed by atoms with Gasteiger partial charge in [-0.25, -0.2) is 4.79 Å². The zero-order valence-corrected chi connectivity index (χ0v) is 22.2. The summed E-state index contributed by atoms with van der Waals surface area (Å²) in [6, 6.07) is 24.9. The van der Waals surface area contributed by atoms with Gasteiger partial charge in [-0.2, -0.15) is 0 Å². The third kappa shape index (κ3) is 6.05. The molecule has 0 saturated heterocycles. The van der Waals surface area contributed by atoms with E-state index in [1.54, 1.807) is 6.08 Å². The van der Waals surface area contributed by atoms with Crippen molar-refractivity contribution < 1.29 is 4.52 Å². The maximum Gasteiger partial charge on any atom is 0.439 e. The van der Waals surface area contributed by atoms with Crippen LogP contribution in [0.15, 0.2) is 82.1 Å². The molecule has 3 N–H and O–H groups in total. The number of anilines is 1. The molecule has 0 aliphatic rings. The van der Waals surface area contributed by atoms with Crippen LogP contribution in [0.4, 0.5) is 5.69 Å². The van der Waals surface area contributed by atoms with Gasteiger partial charge in [-0.05, 0) is 80.1 Å². The molecule has 0 spiro atoms. The van der Waals surface area contributed by atoms with Crippen LogP contribution in [0.2, 0.25) is 0 Å². The fourth-order valence-electron chi connectivity index (χ4n) is 3.93. The van der Waals surface area contributed by atoms with Crippen LogP contribution in [0.25, 0.3) is 23.3 Å². The first-order valence-electron chi connectivity index (χ1n) is 11.0. The Kier molecular flexibility index (Phi) is 8.45. The van der Waals surface area contributed by atoms with Crippen molar-refractivity contribution in [2.75, 3.05) is 5.09 Å². The Balaban J connectivity index is 1.81. The molecule has 1 atom stereocenters. The fraction of sp³-hybridized carbons (Fsp3) is 0.0741. The lowest BCUT2D eigenvalue weighted by molar-refractivity contribution is 0.385. The topological polar surface area (TPSA) is 94.8 Å². The van der Waals surface area contributed by atoms with Crippen molar-refractivity contribution in [1.82, 2.24) is 10.1 Å². The van der Waals surface area contributed by atoms with Gasteiger partial charge in [0.15, 0.2) is 5.82 Å². The third-order valence-corrected chi connectivity index (χ3v) is 6.72. The summed E-state index contributed by atoms with van der Waals surface area (Å²) in [6.07, 6.45) is 6.36. The summed E-state index contributed by atoms with van der Waals surface area (Å²) in [6.45, 7) is 2.17. The minimum absolute atomic E-state index is 0.372. The van der Waals surface area contributed by atoms with Gasteiger partial charge < -0.3 is 10.5 Å². The Morgan fingerprint density at radius 2 is 1.80 bits per heavy atom. The number of nitrogens with zero attached hydrogens (tertiary/aromatic N) is 1. The number of aromatic nitrogens is 2. The standard InChI is InChI=1S/C27H24IN4O2P/c1-2-23(19-6-4-3-5-7-19)26(21-13-14-24(32-35-28)22(16-21)17-29)20-11-8-18(9-12-20)10-15-25-30-27(33)34-31-25/h3-17,29,32,35H,2H2,1H3,(H,30,31,33)/b15-10+,26-23+,29-17?. The van der Waals surface area contributed by atoms with E-state index in [1.807, 2.05) is 24.3 Å². The van der Waals surface area contributed by atoms with Gasteiger partial charge in [0.25, 0.3) is 0 Å². The second kappa shape index (κ2) is 11.9. The number of nitrogens with one attached hydrogen (secondary N) is 3. The molecule has 0 amide bonds. The summed E-state index contributed by atoms with van der Waals surface area (Å²) in [5, 5.41) is 15.0. The van der Waals surface area contributed by atoms with Gasteiger partial charge in [-0.3, -0.25) is 9.51 Å². The van der Waals surface area contributed by atoms with Crippen LogP contribution in [-0.2, 0) is 0 Å². The first-order valence-corrected chi connectivity index (χ1v) is 15.1. The summed E-state index contributed by atoms with van der Waals surface area (Å²) >= 11 is 2.29. The highest BCUT2D eigenvalue weighted by molar-refractivity contribution is 14.2. The lowest BCUT2D eigenvalue weighted by atomic mass is 9.87. The van der Waals surface area contributed by atoms with Crippen molar-refractivity contribution in [2.45, 2.75) is 13.3 Å². The molecule has 4 aromatic rings. The molecule has 1 aromatic heterocycles. The molecule has 3 aromatic carbocycles. The molecule has 6 nitrogen and oxygen atoms in total. The molecule has 1 unspecified atom stereocenters. The molecule has 0 bridgehead atoms. The van der Waals surface area contributed by atoms with Crippen molar-refractivity contribution in [2.24, 2.45) is 0 Å². The smallest absolute Gasteiger partial charge is 0.358 e. The Morgan fingerprint density at radius 3 is 2.43 bits per heavy atom. The van der Waals surface area contributed by atoms with Crippen LogP contribution in [-0.4, -0.2) is 16.4 Å². The highest BCUT2D eigenvalue weighted by Crippen LogP contribution is 2.36. The first-order chi connectivity index (χ1) is 17.1. The van der Waals surface area contributed by atoms with Crippen LogP contribution < -0.4 is 10.8 Å². The third-order valence-electron chi connectivity index (χ3n) is 5.55. The monoisotopic (exact) mass is 594 g/mol. The van der Waals surface area contributed by atoms with Crippen molar-refractivity contribution in [3.05, 3.63) is 117 Å². The van der Waals surface area contributed by atoms with E-state index in [2.05, 4.69) is 103 Å². The molecule has 0 radical (unpaired) electrons. The number of rotatable bonds is 9. The quantitative estimate of drug-likeness (QED) is 0.0824. The van der Waals surface area contributed by atoms with Gasteiger partial charge in [-0.1, -0.05) is 78.8 Å². The molecule has 0 aliphatic carbocycles. The average molecular weight is 594 g/mol. The Labute approximate surface area is 218 Å². The van der Waals surface area contributed by atoms with Crippen molar-refractivity contribution in [3.63, 3.8) is 0 Å². The zero-order valence-electron chi connectivity index (χ0n) is 19.0. The average Bonchev–Trinajstić information content (AvgIpc) is 3.32. The summed E-state index contributed by atoms with van der Waals surface area (Å²) in [5.41, 5.74) is 8.49. The van der Waals surface area contributed by atoms with E-state index in [0.29, 0.717) is 12.2 Å². The highest BCUT2D eigenvalue weighted by atomic mass is 127. The molecule has 0 fully saturated rings.